The monoisotopic (exact) mass is 425 g/mol. The molecule has 2 aromatic rings. The van der Waals surface area contributed by atoms with Gasteiger partial charge in [0.1, 0.15) is 31.2 Å². The highest BCUT2D eigenvalue weighted by atomic mass is 16.6. The van der Waals surface area contributed by atoms with E-state index in [1.807, 2.05) is 24.3 Å². The Hall–Kier alpha value is -3.03. The van der Waals surface area contributed by atoms with Gasteiger partial charge in [-0.15, -0.1) is 0 Å². The molecule has 1 aromatic heterocycles. The fraction of sp³-hybridized carbons (Fsp3) is 0.522. The van der Waals surface area contributed by atoms with Crippen LogP contribution in [-0.4, -0.2) is 48.7 Å². The van der Waals surface area contributed by atoms with Crippen LogP contribution in [0.4, 0.5) is 17.3 Å². The predicted octanol–water partition coefficient (Wildman–Crippen LogP) is 3.71. The Balaban J connectivity index is 1.21. The first kappa shape index (κ1) is 21.2. The molecule has 8 nitrogen and oxygen atoms in total. The summed E-state index contributed by atoms with van der Waals surface area (Å²) in [6.07, 6.45) is 6.25. The van der Waals surface area contributed by atoms with Crippen molar-refractivity contribution >= 4 is 23.2 Å². The van der Waals surface area contributed by atoms with E-state index in [4.69, 9.17) is 9.47 Å². The van der Waals surface area contributed by atoms with Crippen molar-refractivity contribution in [1.82, 2.24) is 9.97 Å². The van der Waals surface area contributed by atoms with Crippen LogP contribution in [0.5, 0.6) is 11.5 Å². The highest BCUT2D eigenvalue weighted by molar-refractivity contribution is 5.91. The number of fused-ring (bicyclic) bond motifs is 1. The number of piperidine rings is 1. The van der Waals surface area contributed by atoms with E-state index in [0.29, 0.717) is 31.3 Å². The summed E-state index contributed by atoms with van der Waals surface area (Å²) in [5.74, 6) is 3.87. The van der Waals surface area contributed by atoms with Gasteiger partial charge in [0, 0.05) is 43.9 Å². The lowest BCUT2D eigenvalue weighted by Crippen LogP contribution is -2.34. The van der Waals surface area contributed by atoms with E-state index in [-0.39, 0.29) is 5.91 Å². The Kier molecular flexibility index (Phi) is 7.07. The molecule has 0 radical (unpaired) electrons. The first-order valence-corrected chi connectivity index (χ1v) is 11.2. The van der Waals surface area contributed by atoms with Gasteiger partial charge in [-0.05, 0) is 43.7 Å². The van der Waals surface area contributed by atoms with Crippen molar-refractivity contribution in [3.05, 3.63) is 30.6 Å². The Morgan fingerprint density at radius 2 is 1.94 bits per heavy atom. The zero-order valence-electron chi connectivity index (χ0n) is 18.1. The normalized spacial score (nSPS) is 16.1. The van der Waals surface area contributed by atoms with Crippen LogP contribution in [0.3, 0.4) is 0 Å². The summed E-state index contributed by atoms with van der Waals surface area (Å²) in [5, 5.41) is 6.30. The van der Waals surface area contributed by atoms with Gasteiger partial charge in [-0.1, -0.05) is 6.92 Å². The lowest BCUT2D eigenvalue weighted by Gasteiger charge is -2.32. The molecule has 0 unspecified atom stereocenters. The number of amides is 1. The van der Waals surface area contributed by atoms with Gasteiger partial charge in [-0.2, -0.15) is 0 Å². The van der Waals surface area contributed by atoms with Crippen molar-refractivity contribution in [2.24, 2.45) is 5.92 Å². The number of ether oxygens (including phenoxy) is 2. The number of aromatic nitrogens is 2. The van der Waals surface area contributed by atoms with Crippen LogP contribution in [-0.2, 0) is 4.79 Å². The second kappa shape index (κ2) is 10.3. The van der Waals surface area contributed by atoms with Gasteiger partial charge in [-0.25, -0.2) is 9.97 Å². The second-order valence-corrected chi connectivity index (χ2v) is 8.06. The topological polar surface area (TPSA) is 88.6 Å². The van der Waals surface area contributed by atoms with Gasteiger partial charge >= 0.3 is 0 Å². The Morgan fingerprint density at radius 3 is 2.74 bits per heavy atom. The maximum absolute atomic E-state index is 12.4. The zero-order valence-corrected chi connectivity index (χ0v) is 18.1. The average Bonchev–Trinajstić information content (AvgIpc) is 2.82. The summed E-state index contributed by atoms with van der Waals surface area (Å²) < 4.78 is 11.1. The summed E-state index contributed by atoms with van der Waals surface area (Å²) >= 11 is 0. The highest BCUT2D eigenvalue weighted by Gasteiger charge is 2.21. The van der Waals surface area contributed by atoms with Gasteiger partial charge < -0.3 is 25.0 Å². The number of carbonyl (C=O) groups excluding carboxylic acids is 1. The van der Waals surface area contributed by atoms with E-state index in [0.717, 1.165) is 68.4 Å². The van der Waals surface area contributed by atoms with Gasteiger partial charge in [0.25, 0.3) is 0 Å². The fourth-order valence-electron chi connectivity index (χ4n) is 4.00. The first-order chi connectivity index (χ1) is 15.2. The molecule has 2 aliphatic heterocycles. The van der Waals surface area contributed by atoms with Crippen LogP contribution in [0, 0.1) is 5.92 Å². The second-order valence-electron chi connectivity index (χ2n) is 8.06. The number of nitrogens with zero attached hydrogens (tertiary/aromatic N) is 3. The van der Waals surface area contributed by atoms with Crippen molar-refractivity contribution in [2.45, 2.75) is 39.0 Å². The molecule has 0 atom stereocenters. The summed E-state index contributed by atoms with van der Waals surface area (Å²) in [7, 11) is 0. The maximum Gasteiger partial charge on any atom is 0.224 e. The lowest BCUT2D eigenvalue weighted by molar-refractivity contribution is -0.116. The van der Waals surface area contributed by atoms with Gasteiger partial charge in [0.15, 0.2) is 11.5 Å². The van der Waals surface area contributed by atoms with Gasteiger partial charge in [-0.3, -0.25) is 4.79 Å². The number of rotatable bonds is 8. The number of carbonyl (C=O) groups is 1. The smallest absolute Gasteiger partial charge is 0.224 e. The predicted molar refractivity (Wildman–Crippen MR) is 121 cm³/mol. The summed E-state index contributed by atoms with van der Waals surface area (Å²) in [5.41, 5.74) is 0.750. The molecular weight excluding hydrogens is 394 g/mol. The van der Waals surface area contributed by atoms with Crippen LogP contribution < -0.4 is 25.0 Å². The quantitative estimate of drug-likeness (QED) is 0.666. The van der Waals surface area contributed by atoms with Crippen LogP contribution >= 0.6 is 0 Å². The minimum absolute atomic E-state index is 0.0431. The average molecular weight is 426 g/mol. The Morgan fingerprint density at radius 1 is 1.13 bits per heavy atom. The van der Waals surface area contributed by atoms with Crippen molar-refractivity contribution in [3.8, 4) is 11.5 Å². The Labute approximate surface area is 183 Å². The molecule has 1 aromatic carbocycles. The maximum atomic E-state index is 12.4. The largest absolute Gasteiger partial charge is 0.486 e. The molecule has 0 spiro atoms. The molecule has 2 N–H and O–H groups in total. The molecule has 3 heterocycles. The third-order valence-electron chi connectivity index (χ3n) is 5.75. The van der Waals surface area contributed by atoms with Crippen molar-refractivity contribution in [2.75, 3.05) is 48.4 Å². The molecule has 4 rings (SSSR count). The van der Waals surface area contributed by atoms with Crippen LogP contribution in [0.2, 0.25) is 0 Å². The standard InChI is InChI=1S/C23H31N5O3/c1-2-9-24-21-15-22(26-16-25-21)28-10-7-17(8-11-28)3-6-23(29)27-18-4-5-19-20(14-18)31-13-12-30-19/h4-5,14-17H,2-3,6-13H2,1H3,(H,27,29)(H,24,25,26). The SMILES string of the molecule is CCCNc1cc(N2CCC(CCC(=O)Nc3ccc4c(c3)OCCO4)CC2)ncn1. The van der Waals surface area contributed by atoms with E-state index >= 15 is 0 Å². The minimum atomic E-state index is 0.0431. The number of nitrogens with one attached hydrogen (secondary N) is 2. The summed E-state index contributed by atoms with van der Waals surface area (Å²) in [4.78, 5) is 23.5. The van der Waals surface area contributed by atoms with Crippen molar-refractivity contribution in [1.29, 1.82) is 0 Å². The molecular formula is C23H31N5O3. The Bertz CT molecular complexity index is 883. The van der Waals surface area contributed by atoms with E-state index < -0.39 is 0 Å². The van der Waals surface area contributed by atoms with Crippen LogP contribution in [0.15, 0.2) is 30.6 Å². The number of hydrogen-bond acceptors (Lipinski definition) is 7. The lowest BCUT2D eigenvalue weighted by atomic mass is 9.92. The number of anilines is 3. The number of benzene rings is 1. The minimum Gasteiger partial charge on any atom is -0.486 e. The van der Waals surface area contributed by atoms with Gasteiger partial charge in [0.05, 0.1) is 0 Å². The fourth-order valence-corrected chi connectivity index (χ4v) is 4.00. The van der Waals surface area contributed by atoms with Crippen molar-refractivity contribution in [3.63, 3.8) is 0 Å². The molecule has 2 aliphatic rings. The first-order valence-electron chi connectivity index (χ1n) is 11.2. The summed E-state index contributed by atoms with van der Waals surface area (Å²) in [6, 6.07) is 7.55. The molecule has 1 amide bonds. The van der Waals surface area contributed by atoms with E-state index in [1.165, 1.54) is 0 Å². The molecule has 8 heteroatoms. The zero-order chi connectivity index (χ0) is 21.5. The third-order valence-corrected chi connectivity index (χ3v) is 5.75. The highest BCUT2D eigenvalue weighted by Crippen LogP contribution is 2.33. The molecule has 1 fully saturated rings. The third kappa shape index (κ3) is 5.77. The molecule has 0 aliphatic carbocycles. The van der Waals surface area contributed by atoms with Crippen molar-refractivity contribution < 1.29 is 14.3 Å². The molecule has 166 valence electrons. The molecule has 0 saturated carbocycles. The number of hydrogen-bond donors (Lipinski definition) is 2. The van der Waals surface area contributed by atoms with E-state index in [9.17, 15) is 4.79 Å². The molecule has 31 heavy (non-hydrogen) atoms. The van der Waals surface area contributed by atoms with E-state index in [1.54, 1.807) is 6.33 Å². The molecule has 0 bridgehead atoms. The molecule has 1 saturated heterocycles. The summed E-state index contributed by atoms with van der Waals surface area (Å²) in [6.45, 7) is 6.06. The van der Waals surface area contributed by atoms with E-state index in [2.05, 4.69) is 32.4 Å². The van der Waals surface area contributed by atoms with Crippen LogP contribution in [0.1, 0.15) is 39.0 Å². The van der Waals surface area contributed by atoms with Crippen LogP contribution in [0.25, 0.3) is 0 Å². The van der Waals surface area contributed by atoms with Gasteiger partial charge in [0.2, 0.25) is 5.91 Å².